The summed E-state index contributed by atoms with van der Waals surface area (Å²) >= 11 is -0.826. The van der Waals surface area contributed by atoms with Crippen LogP contribution in [0.25, 0.3) is 43.7 Å². The van der Waals surface area contributed by atoms with Crippen molar-refractivity contribution in [2.75, 3.05) is 0 Å². The molecule has 0 spiro atoms. The molecule has 0 atom stereocenters. The van der Waals surface area contributed by atoms with Crippen LogP contribution in [0.3, 0.4) is 0 Å². The molecule has 5 aromatic carbocycles. The molecule has 6 aromatic rings. The van der Waals surface area contributed by atoms with E-state index in [-0.39, 0.29) is 0 Å². The number of halogens is 2. The van der Waals surface area contributed by atoms with Crippen molar-refractivity contribution in [1.82, 2.24) is 4.57 Å². The fraction of sp³-hybridized carbons (Fsp3) is 0.161. The fourth-order valence-corrected chi connectivity index (χ4v) is 4.88. The second kappa shape index (κ2) is 11.3. The predicted octanol–water partition coefficient (Wildman–Crippen LogP) is 9.89. The van der Waals surface area contributed by atoms with Crippen molar-refractivity contribution in [2.24, 2.45) is 7.05 Å². The van der Waals surface area contributed by atoms with Gasteiger partial charge in [-0.05, 0) is 23.8 Å². The number of aryl methyl sites for hydroxylation is 3. The molecule has 1 nitrogen and oxygen atoms in total. The van der Waals surface area contributed by atoms with Gasteiger partial charge < -0.3 is 4.57 Å². The molecule has 1 aromatic heterocycles. The molecule has 0 saturated carbocycles. The predicted molar refractivity (Wildman–Crippen MR) is 152 cm³/mol. The Morgan fingerprint density at radius 1 is 0.714 bits per heavy atom. The van der Waals surface area contributed by atoms with Gasteiger partial charge in [0.15, 0.2) is 0 Å². The van der Waals surface area contributed by atoms with Crippen LogP contribution in [-0.4, -0.2) is 4.57 Å². The van der Waals surface area contributed by atoms with E-state index in [2.05, 4.69) is 124 Å². The van der Waals surface area contributed by atoms with Crippen LogP contribution in [0.4, 0.5) is 0 Å². The molecule has 0 unspecified atom stereocenters. The molecule has 0 amide bonds. The van der Waals surface area contributed by atoms with E-state index in [0.717, 1.165) is 0 Å². The van der Waals surface area contributed by atoms with Crippen molar-refractivity contribution in [2.45, 2.75) is 27.7 Å². The van der Waals surface area contributed by atoms with Gasteiger partial charge in [0.25, 0.3) is 0 Å². The molecule has 0 aliphatic heterocycles. The van der Waals surface area contributed by atoms with Gasteiger partial charge in [-0.3, -0.25) is 0 Å². The number of nitrogens with zero attached hydrogens (tertiary/aromatic N) is 1. The van der Waals surface area contributed by atoms with E-state index in [4.69, 9.17) is 17.0 Å². The molecule has 4 heteroatoms. The summed E-state index contributed by atoms with van der Waals surface area (Å²) in [4.78, 5) is 0. The number of aromatic nitrogens is 1. The van der Waals surface area contributed by atoms with E-state index in [9.17, 15) is 0 Å². The molecule has 0 saturated heterocycles. The van der Waals surface area contributed by atoms with E-state index in [1.807, 2.05) is 0 Å². The monoisotopic (exact) mass is 575 g/mol. The number of hydrogen-bond acceptors (Lipinski definition) is 0. The number of hydrogen-bond donors (Lipinski definition) is 0. The van der Waals surface area contributed by atoms with Gasteiger partial charge in [-0.1, -0.05) is 63.6 Å². The second-order valence-corrected chi connectivity index (χ2v) is 12.7. The first kappa shape index (κ1) is 26.0. The van der Waals surface area contributed by atoms with Crippen LogP contribution in [-0.2, 0) is 27.9 Å². The van der Waals surface area contributed by atoms with Gasteiger partial charge in [-0.25, -0.2) is 0 Å². The summed E-state index contributed by atoms with van der Waals surface area (Å²) in [6, 6.07) is 30.7. The number of rotatable bonds is 1. The zero-order valence-electron chi connectivity index (χ0n) is 20.8. The van der Waals surface area contributed by atoms with E-state index in [0.29, 0.717) is 0 Å². The fourth-order valence-electron chi connectivity index (χ4n) is 4.88. The first-order valence-corrected chi connectivity index (χ1v) is 18.0. The summed E-state index contributed by atoms with van der Waals surface area (Å²) in [5, 5.41) is 5.28. The summed E-state index contributed by atoms with van der Waals surface area (Å²) in [6.07, 6.45) is 0. The van der Waals surface area contributed by atoms with E-state index < -0.39 is 20.8 Å². The Labute approximate surface area is 226 Å². The number of fused-ring (bicyclic) bond motifs is 4. The molecule has 0 N–H and O–H groups in total. The molecule has 0 radical (unpaired) electrons. The molecule has 35 heavy (non-hydrogen) atoms. The van der Waals surface area contributed by atoms with Crippen LogP contribution in [0, 0.1) is 27.7 Å². The van der Waals surface area contributed by atoms with Crippen molar-refractivity contribution < 1.29 is 20.8 Å². The third-order valence-corrected chi connectivity index (χ3v) is 7.08. The third kappa shape index (κ3) is 5.22. The minimum atomic E-state index is -0.826. The molecule has 0 aliphatic rings. The Balaban J connectivity index is 0.000000202. The third-order valence-electron chi connectivity index (χ3n) is 7.08. The van der Waals surface area contributed by atoms with Crippen molar-refractivity contribution >= 4 is 49.6 Å². The number of para-hydroxylation sites is 1. The number of benzene rings is 3. The topological polar surface area (TPSA) is 4.93 Å². The Bertz CT molecular complexity index is 1580. The molecule has 0 bridgehead atoms. The Morgan fingerprint density at radius 3 is 2.03 bits per heavy atom. The van der Waals surface area contributed by atoms with Gasteiger partial charge in [0.1, 0.15) is 0 Å². The molecule has 6 rings (SSSR count). The summed E-state index contributed by atoms with van der Waals surface area (Å²) in [7, 11) is 12.0. The molecular formula is C31H29Cl2NZr. The minimum absolute atomic E-state index is 0.826. The average Bonchev–Trinajstić information content (AvgIpc) is 3.52. The van der Waals surface area contributed by atoms with Crippen LogP contribution in [0.15, 0.2) is 84.9 Å². The maximum absolute atomic E-state index is 4.93. The van der Waals surface area contributed by atoms with Gasteiger partial charge in [0, 0.05) is 28.9 Å². The molecule has 1 heterocycles. The second-order valence-electron chi connectivity index (χ2n) is 8.97. The summed E-state index contributed by atoms with van der Waals surface area (Å²) < 4.78 is 2.28. The summed E-state index contributed by atoms with van der Waals surface area (Å²) in [6.45, 7) is 8.68. The summed E-state index contributed by atoms with van der Waals surface area (Å²) in [5.41, 5.74) is 10.9. The van der Waals surface area contributed by atoms with Crippen molar-refractivity contribution in [3.8, 4) is 11.1 Å². The van der Waals surface area contributed by atoms with Crippen molar-refractivity contribution in [3.63, 3.8) is 0 Å². The van der Waals surface area contributed by atoms with Crippen LogP contribution in [0.1, 0.15) is 22.3 Å². The molecule has 0 aliphatic carbocycles. The van der Waals surface area contributed by atoms with Crippen LogP contribution in [0.2, 0.25) is 0 Å². The van der Waals surface area contributed by atoms with Gasteiger partial charge in [0.2, 0.25) is 0 Å². The molecule has 176 valence electrons. The Kier molecular flexibility index (Phi) is 8.38. The zero-order chi connectivity index (χ0) is 25.1. The van der Waals surface area contributed by atoms with E-state index in [1.165, 1.54) is 66.0 Å². The van der Waals surface area contributed by atoms with Gasteiger partial charge >= 0.3 is 37.9 Å². The Hall–Kier alpha value is -2.12. The molecular weight excluding hydrogens is 548 g/mol. The average molecular weight is 578 g/mol. The summed E-state index contributed by atoms with van der Waals surface area (Å²) in [5.74, 6) is 0. The van der Waals surface area contributed by atoms with Gasteiger partial charge in [-0.15, -0.1) is 29.0 Å². The maximum atomic E-state index is 4.93. The molecule has 0 fully saturated rings. The van der Waals surface area contributed by atoms with E-state index >= 15 is 0 Å². The Morgan fingerprint density at radius 2 is 1.37 bits per heavy atom. The SMILES string of the molecule is Cc1[cH-]c(C)c(C)c1C.Cn1c2ccccc2c2cc(-c3cccc4[cH-]ccc34)ccc21.[Cl][Zr+2][Cl]. The first-order chi connectivity index (χ1) is 16.9. The van der Waals surface area contributed by atoms with Gasteiger partial charge in [-0.2, -0.15) is 40.5 Å². The van der Waals surface area contributed by atoms with Crippen LogP contribution >= 0.6 is 17.0 Å². The van der Waals surface area contributed by atoms with Crippen molar-refractivity contribution in [3.05, 3.63) is 107 Å². The quantitative estimate of drug-likeness (QED) is 0.171. The van der Waals surface area contributed by atoms with Gasteiger partial charge in [0.05, 0.1) is 0 Å². The van der Waals surface area contributed by atoms with Crippen molar-refractivity contribution in [1.29, 1.82) is 0 Å². The zero-order valence-corrected chi connectivity index (χ0v) is 24.8. The van der Waals surface area contributed by atoms with Crippen LogP contribution in [0.5, 0.6) is 0 Å². The van der Waals surface area contributed by atoms with E-state index in [1.54, 1.807) is 0 Å². The normalized spacial score (nSPS) is 10.6. The standard InChI is InChI=1S/C22H16N.C9H13.2ClH.Zr/c1-23-21-11-3-2-8-19(21)20-14-16(12-13-22(20)23)18-10-5-7-15-6-4-9-17(15)18;1-6-5-7(2)9(4)8(6)3;;;/h2-14H,1H3;5H,1-4H3;2*1H;/q2*-1;;;+4/p-2. The van der Waals surface area contributed by atoms with Crippen LogP contribution < -0.4 is 0 Å². The first-order valence-electron chi connectivity index (χ1n) is 11.7.